The van der Waals surface area contributed by atoms with Gasteiger partial charge >= 0.3 is 0 Å². The number of nitrogens with zero attached hydrogens (tertiary/aromatic N) is 4. The minimum atomic E-state index is 0.0238. The van der Waals surface area contributed by atoms with Gasteiger partial charge in [-0.15, -0.1) is 0 Å². The highest BCUT2D eigenvalue weighted by molar-refractivity contribution is 5.98. The quantitative estimate of drug-likeness (QED) is 0.731. The molecule has 0 saturated carbocycles. The van der Waals surface area contributed by atoms with E-state index >= 15 is 0 Å². The maximum Gasteiger partial charge on any atom is 0.248 e. The lowest BCUT2D eigenvalue weighted by atomic mass is 9.98. The van der Waals surface area contributed by atoms with Gasteiger partial charge in [-0.05, 0) is 23.6 Å². The number of para-hydroxylation sites is 1. The van der Waals surface area contributed by atoms with Crippen molar-refractivity contribution in [2.24, 2.45) is 0 Å². The number of aromatic nitrogens is 3. The molecule has 5 heteroatoms. The van der Waals surface area contributed by atoms with Gasteiger partial charge in [0.2, 0.25) is 5.91 Å². The molecule has 4 rings (SSSR count). The molecule has 0 spiro atoms. The molecular weight excluding hydrogens is 288 g/mol. The number of rotatable bonds is 2. The average molecular weight is 304 g/mol. The van der Waals surface area contributed by atoms with E-state index in [0.717, 1.165) is 17.7 Å². The molecule has 23 heavy (non-hydrogen) atoms. The number of carbonyl (C=O) groups excluding carboxylic acids is 1. The SMILES string of the molecule is O=C(Cn1cncn1)N1CCc2ccccc2-c2ccccc21. The Hall–Kier alpha value is -2.95. The second-order valence-corrected chi connectivity index (χ2v) is 5.56. The molecule has 5 nitrogen and oxygen atoms in total. The molecule has 1 aromatic heterocycles. The molecule has 0 atom stereocenters. The minimum Gasteiger partial charge on any atom is -0.310 e. The number of anilines is 1. The number of carbonyl (C=O) groups is 1. The Labute approximate surface area is 134 Å². The first-order valence-electron chi connectivity index (χ1n) is 7.63. The Morgan fingerprint density at radius 1 is 1.04 bits per heavy atom. The Kier molecular flexibility index (Phi) is 3.38. The molecule has 1 aliphatic rings. The van der Waals surface area contributed by atoms with Gasteiger partial charge in [0.05, 0.1) is 5.69 Å². The van der Waals surface area contributed by atoms with Crippen LogP contribution in [-0.4, -0.2) is 27.2 Å². The van der Waals surface area contributed by atoms with Gasteiger partial charge in [-0.3, -0.25) is 4.79 Å². The number of hydrogen-bond acceptors (Lipinski definition) is 3. The van der Waals surface area contributed by atoms with Crippen LogP contribution in [0.5, 0.6) is 0 Å². The maximum absolute atomic E-state index is 12.8. The predicted molar refractivity (Wildman–Crippen MR) is 88.0 cm³/mol. The molecule has 2 heterocycles. The third-order valence-electron chi connectivity index (χ3n) is 4.17. The van der Waals surface area contributed by atoms with E-state index in [9.17, 15) is 4.79 Å². The van der Waals surface area contributed by atoms with Crippen LogP contribution in [0.3, 0.4) is 0 Å². The largest absolute Gasteiger partial charge is 0.310 e. The van der Waals surface area contributed by atoms with Gasteiger partial charge in [0.15, 0.2) is 0 Å². The number of amides is 1. The first-order valence-corrected chi connectivity index (χ1v) is 7.63. The average Bonchev–Trinajstić information content (AvgIpc) is 3.02. The Morgan fingerprint density at radius 3 is 2.65 bits per heavy atom. The van der Waals surface area contributed by atoms with Gasteiger partial charge in [-0.2, -0.15) is 5.10 Å². The van der Waals surface area contributed by atoms with Crippen molar-refractivity contribution in [1.29, 1.82) is 0 Å². The molecule has 3 aromatic rings. The molecular formula is C18H16N4O. The van der Waals surface area contributed by atoms with Crippen LogP contribution < -0.4 is 4.90 Å². The lowest BCUT2D eigenvalue weighted by molar-refractivity contribution is -0.119. The highest BCUT2D eigenvalue weighted by Gasteiger charge is 2.23. The molecule has 1 aliphatic heterocycles. The molecule has 114 valence electrons. The summed E-state index contributed by atoms with van der Waals surface area (Å²) in [4.78, 5) is 18.5. The molecule has 1 amide bonds. The molecule has 0 aliphatic carbocycles. The summed E-state index contributed by atoms with van der Waals surface area (Å²) in [5.74, 6) is 0.0238. The van der Waals surface area contributed by atoms with Crippen LogP contribution in [0, 0.1) is 0 Å². The number of hydrogen-bond donors (Lipinski definition) is 0. The fourth-order valence-corrected chi connectivity index (χ4v) is 3.09. The Morgan fingerprint density at radius 2 is 1.83 bits per heavy atom. The first kappa shape index (κ1) is 13.7. The summed E-state index contributed by atoms with van der Waals surface area (Å²) in [6.07, 6.45) is 3.85. The van der Waals surface area contributed by atoms with E-state index in [1.165, 1.54) is 17.5 Å². The maximum atomic E-state index is 12.8. The van der Waals surface area contributed by atoms with E-state index in [1.807, 2.05) is 35.2 Å². The van der Waals surface area contributed by atoms with Crippen LogP contribution in [0.15, 0.2) is 61.2 Å². The van der Waals surface area contributed by atoms with Crippen molar-refractivity contribution in [3.05, 3.63) is 66.7 Å². The van der Waals surface area contributed by atoms with E-state index < -0.39 is 0 Å². The highest BCUT2D eigenvalue weighted by Crippen LogP contribution is 2.36. The summed E-state index contributed by atoms with van der Waals surface area (Å²) in [7, 11) is 0. The Balaban J connectivity index is 1.74. The molecule has 2 aromatic carbocycles. The summed E-state index contributed by atoms with van der Waals surface area (Å²) in [6.45, 7) is 0.867. The summed E-state index contributed by atoms with van der Waals surface area (Å²) in [5.41, 5.74) is 4.55. The minimum absolute atomic E-state index is 0.0238. The van der Waals surface area contributed by atoms with Crippen molar-refractivity contribution >= 4 is 11.6 Å². The number of fused-ring (bicyclic) bond motifs is 3. The summed E-state index contributed by atoms with van der Waals surface area (Å²) < 4.78 is 1.56. The summed E-state index contributed by atoms with van der Waals surface area (Å²) >= 11 is 0. The lowest BCUT2D eigenvalue weighted by Crippen LogP contribution is -2.35. The molecule has 0 radical (unpaired) electrons. The third-order valence-corrected chi connectivity index (χ3v) is 4.17. The molecule has 0 N–H and O–H groups in total. The smallest absolute Gasteiger partial charge is 0.248 e. The van der Waals surface area contributed by atoms with E-state index in [0.29, 0.717) is 6.54 Å². The number of benzene rings is 2. The van der Waals surface area contributed by atoms with Crippen LogP contribution in [0.25, 0.3) is 11.1 Å². The zero-order valence-electron chi connectivity index (χ0n) is 12.6. The van der Waals surface area contributed by atoms with Crippen LogP contribution >= 0.6 is 0 Å². The normalized spacial score (nSPS) is 13.1. The fraction of sp³-hybridized carbons (Fsp3) is 0.167. The topological polar surface area (TPSA) is 51.0 Å². The van der Waals surface area contributed by atoms with Gasteiger partial charge in [-0.1, -0.05) is 42.5 Å². The Bertz CT molecular complexity index is 842. The van der Waals surface area contributed by atoms with Crippen molar-refractivity contribution in [3.63, 3.8) is 0 Å². The third kappa shape index (κ3) is 2.50. The molecule has 0 unspecified atom stereocenters. The van der Waals surface area contributed by atoms with Gasteiger partial charge < -0.3 is 4.90 Å². The molecule has 0 fully saturated rings. The van der Waals surface area contributed by atoms with Gasteiger partial charge in [0.1, 0.15) is 19.2 Å². The van der Waals surface area contributed by atoms with Crippen LogP contribution in [0.4, 0.5) is 5.69 Å². The van der Waals surface area contributed by atoms with Crippen molar-refractivity contribution < 1.29 is 4.79 Å². The van der Waals surface area contributed by atoms with Crippen molar-refractivity contribution in [2.45, 2.75) is 13.0 Å². The highest BCUT2D eigenvalue weighted by atomic mass is 16.2. The zero-order valence-corrected chi connectivity index (χ0v) is 12.6. The van der Waals surface area contributed by atoms with Crippen LogP contribution in [0.2, 0.25) is 0 Å². The van der Waals surface area contributed by atoms with Crippen LogP contribution in [-0.2, 0) is 17.8 Å². The van der Waals surface area contributed by atoms with Crippen molar-refractivity contribution in [1.82, 2.24) is 14.8 Å². The monoisotopic (exact) mass is 304 g/mol. The first-order chi connectivity index (χ1) is 11.3. The molecule has 0 bridgehead atoms. The van der Waals surface area contributed by atoms with Gasteiger partial charge in [0, 0.05) is 12.1 Å². The lowest BCUT2D eigenvalue weighted by Gasteiger charge is -2.22. The van der Waals surface area contributed by atoms with Crippen LogP contribution in [0.1, 0.15) is 5.56 Å². The van der Waals surface area contributed by atoms with Crippen molar-refractivity contribution in [3.8, 4) is 11.1 Å². The van der Waals surface area contributed by atoms with E-state index in [1.54, 1.807) is 11.0 Å². The summed E-state index contributed by atoms with van der Waals surface area (Å²) in [5, 5.41) is 4.03. The zero-order chi connectivity index (χ0) is 15.6. The van der Waals surface area contributed by atoms with E-state index in [4.69, 9.17) is 0 Å². The molecule has 0 saturated heterocycles. The van der Waals surface area contributed by atoms with E-state index in [-0.39, 0.29) is 12.5 Å². The van der Waals surface area contributed by atoms with Gasteiger partial charge in [0.25, 0.3) is 0 Å². The second kappa shape index (κ2) is 5.68. The second-order valence-electron chi connectivity index (χ2n) is 5.56. The summed E-state index contributed by atoms with van der Waals surface area (Å²) in [6, 6.07) is 16.4. The van der Waals surface area contributed by atoms with Gasteiger partial charge in [-0.25, -0.2) is 9.67 Å². The fourth-order valence-electron chi connectivity index (χ4n) is 3.09. The standard InChI is InChI=1S/C18H16N4O/c23-18(11-21-13-19-12-20-21)22-10-9-14-5-1-2-6-15(14)16-7-3-4-8-17(16)22/h1-8,12-13H,9-11H2. The van der Waals surface area contributed by atoms with E-state index in [2.05, 4.69) is 28.3 Å². The predicted octanol–water partition coefficient (Wildman–Crippen LogP) is 2.53. The van der Waals surface area contributed by atoms with Crippen molar-refractivity contribution in [2.75, 3.05) is 11.4 Å².